The Bertz CT molecular complexity index is 407. The Morgan fingerprint density at radius 1 is 1.56 bits per heavy atom. The number of amides is 1. The predicted octanol–water partition coefficient (Wildman–Crippen LogP) is 2.54. The third-order valence-electron chi connectivity index (χ3n) is 3.20. The van der Waals surface area contributed by atoms with E-state index in [0.717, 1.165) is 43.2 Å². The van der Waals surface area contributed by atoms with Gasteiger partial charge in [-0.3, -0.25) is 4.79 Å². The number of hydrogen-bond acceptors (Lipinski definition) is 3. The van der Waals surface area contributed by atoms with Gasteiger partial charge in [0.25, 0.3) is 0 Å². The summed E-state index contributed by atoms with van der Waals surface area (Å²) in [7, 11) is 0. The van der Waals surface area contributed by atoms with Crippen LogP contribution in [-0.4, -0.2) is 36.5 Å². The van der Waals surface area contributed by atoms with Crippen molar-refractivity contribution in [2.24, 2.45) is 0 Å². The number of carbonyl (C=O) groups excluding carboxylic acids is 1. The quantitative estimate of drug-likeness (QED) is 0.872. The lowest BCUT2D eigenvalue weighted by atomic mass is 10.2. The van der Waals surface area contributed by atoms with Crippen molar-refractivity contribution in [3.63, 3.8) is 0 Å². The van der Waals surface area contributed by atoms with Gasteiger partial charge in [0.2, 0.25) is 5.91 Å². The zero-order chi connectivity index (χ0) is 13.0. The molecule has 2 rings (SSSR count). The minimum absolute atomic E-state index is 0.0388. The third kappa shape index (κ3) is 3.46. The molecule has 1 amide bonds. The molecule has 2 heterocycles. The average molecular weight is 287 g/mol. The Morgan fingerprint density at radius 2 is 2.39 bits per heavy atom. The Labute approximate surface area is 117 Å². The van der Waals surface area contributed by atoms with Crippen molar-refractivity contribution in [2.75, 3.05) is 19.6 Å². The summed E-state index contributed by atoms with van der Waals surface area (Å²) in [5.74, 6) is 0.256. The number of rotatable bonds is 6. The van der Waals surface area contributed by atoms with Gasteiger partial charge in [-0.25, -0.2) is 0 Å². The van der Waals surface area contributed by atoms with E-state index < -0.39 is 0 Å². The fraction of sp³-hybridized carbons (Fsp3) is 0.615. The highest BCUT2D eigenvalue weighted by atomic mass is 35.5. The van der Waals surface area contributed by atoms with Gasteiger partial charge in [-0.2, -0.15) is 0 Å². The molecule has 5 heteroatoms. The van der Waals surface area contributed by atoms with E-state index in [2.05, 4.69) is 12.2 Å². The topological polar surface area (TPSA) is 32.3 Å². The molecule has 0 aliphatic carbocycles. The lowest BCUT2D eigenvalue weighted by molar-refractivity contribution is -0.129. The van der Waals surface area contributed by atoms with Crippen LogP contribution in [0.4, 0.5) is 0 Å². The highest BCUT2D eigenvalue weighted by Crippen LogP contribution is 2.22. The molecular weight excluding hydrogens is 268 g/mol. The highest BCUT2D eigenvalue weighted by molar-refractivity contribution is 7.16. The van der Waals surface area contributed by atoms with Crippen molar-refractivity contribution in [3.8, 4) is 0 Å². The first-order valence-corrected chi connectivity index (χ1v) is 7.66. The van der Waals surface area contributed by atoms with Crippen LogP contribution < -0.4 is 5.32 Å². The lowest BCUT2D eigenvalue weighted by Crippen LogP contribution is -2.39. The second-order valence-electron chi connectivity index (χ2n) is 4.58. The second-order valence-corrected chi connectivity index (χ2v) is 6.38. The molecule has 0 bridgehead atoms. The largest absolute Gasteiger partial charge is 0.341 e. The molecule has 1 aromatic rings. The number of thiophene rings is 1. The molecule has 0 radical (unpaired) electrons. The molecule has 1 saturated heterocycles. The normalized spacial score (nSPS) is 19.8. The molecule has 18 heavy (non-hydrogen) atoms. The number of carbonyl (C=O) groups is 1. The van der Waals surface area contributed by atoms with Gasteiger partial charge in [-0.1, -0.05) is 18.5 Å². The number of nitrogens with one attached hydrogen (secondary N) is 1. The molecular formula is C13H19ClN2OS. The van der Waals surface area contributed by atoms with Gasteiger partial charge in [-0.15, -0.1) is 11.3 Å². The van der Waals surface area contributed by atoms with Crippen molar-refractivity contribution in [2.45, 2.75) is 32.2 Å². The molecule has 1 atom stereocenters. The monoisotopic (exact) mass is 286 g/mol. The van der Waals surface area contributed by atoms with Crippen molar-refractivity contribution in [1.29, 1.82) is 0 Å². The van der Waals surface area contributed by atoms with E-state index >= 15 is 0 Å². The van der Waals surface area contributed by atoms with Crippen LogP contribution in [0, 0.1) is 0 Å². The van der Waals surface area contributed by atoms with Crippen LogP contribution in [0.3, 0.4) is 0 Å². The van der Waals surface area contributed by atoms with Gasteiger partial charge >= 0.3 is 0 Å². The Kier molecular flexibility index (Phi) is 5.03. The van der Waals surface area contributed by atoms with E-state index in [1.165, 1.54) is 4.88 Å². The summed E-state index contributed by atoms with van der Waals surface area (Å²) < 4.78 is 0.820. The van der Waals surface area contributed by atoms with Crippen LogP contribution in [0.2, 0.25) is 4.34 Å². The summed E-state index contributed by atoms with van der Waals surface area (Å²) in [6.07, 6.45) is 2.91. The van der Waals surface area contributed by atoms with Gasteiger partial charge in [0, 0.05) is 18.0 Å². The third-order valence-corrected chi connectivity index (χ3v) is 4.49. The van der Waals surface area contributed by atoms with Crippen molar-refractivity contribution in [1.82, 2.24) is 10.2 Å². The van der Waals surface area contributed by atoms with E-state index in [-0.39, 0.29) is 11.9 Å². The second kappa shape index (κ2) is 6.55. The Hall–Kier alpha value is -0.580. The maximum Gasteiger partial charge on any atom is 0.239 e. The van der Waals surface area contributed by atoms with Crippen LogP contribution in [0.25, 0.3) is 0 Å². The van der Waals surface area contributed by atoms with Gasteiger partial charge in [0.1, 0.15) is 0 Å². The van der Waals surface area contributed by atoms with Crippen LogP contribution in [0.15, 0.2) is 12.1 Å². The SMILES string of the molecule is CCCNC1CCN(CCc2ccc(Cl)s2)C1=O. The summed E-state index contributed by atoms with van der Waals surface area (Å²) in [6.45, 7) is 4.72. The van der Waals surface area contributed by atoms with Gasteiger partial charge in [0.05, 0.1) is 10.4 Å². The van der Waals surface area contributed by atoms with Crippen molar-refractivity contribution >= 4 is 28.8 Å². The van der Waals surface area contributed by atoms with E-state index in [9.17, 15) is 4.79 Å². The Morgan fingerprint density at radius 3 is 3.06 bits per heavy atom. The number of hydrogen-bond donors (Lipinski definition) is 1. The van der Waals surface area contributed by atoms with E-state index in [0.29, 0.717) is 0 Å². The molecule has 1 aromatic heterocycles. The smallest absolute Gasteiger partial charge is 0.239 e. The summed E-state index contributed by atoms with van der Waals surface area (Å²) >= 11 is 7.49. The van der Waals surface area contributed by atoms with Gasteiger partial charge < -0.3 is 10.2 Å². The maximum absolute atomic E-state index is 12.1. The van der Waals surface area contributed by atoms with Crippen LogP contribution in [0.5, 0.6) is 0 Å². The minimum atomic E-state index is 0.0388. The number of likely N-dealkylation sites (tertiary alicyclic amines) is 1. The molecule has 1 unspecified atom stereocenters. The molecule has 100 valence electrons. The minimum Gasteiger partial charge on any atom is -0.341 e. The van der Waals surface area contributed by atoms with Crippen LogP contribution >= 0.6 is 22.9 Å². The molecule has 0 aromatic carbocycles. The first kappa shape index (κ1) is 13.8. The molecule has 3 nitrogen and oxygen atoms in total. The van der Waals surface area contributed by atoms with E-state index in [4.69, 9.17) is 11.6 Å². The summed E-state index contributed by atoms with van der Waals surface area (Å²) in [5.41, 5.74) is 0. The molecule has 1 aliphatic heterocycles. The zero-order valence-corrected chi connectivity index (χ0v) is 12.2. The molecule has 0 spiro atoms. The standard InChI is InChI=1S/C13H19ClN2OS/c1-2-7-15-11-6-9-16(13(11)17)8-5-10-3-4-12(14)18-10/h3-4,11,15H,2,5-9H2,1H3. The van der Waals surface area contributed by atoms with Gasteiger partial charge in [-0.05, 0) is 37.9 Å². The van der Waals surface area contributed by atoms with Crippen molar-refractivity contribution in [3.05, 3.63) is 21.3 Å². The molecule has 1 fully saturated rings. The number of nitrogens with zero attached hydrogens (tertiary/aromatic N) is 1. The molecule has 1 N–H and O–H groups in total. The first-order chi connectivity index (χ1) is 8.70. The summed E-state index contributed by atoms with van der Waals surface area (Å²) in [4.78, 5) is 15.3. The highest BCUT2D eigenvalue weighted by Gasteiger charge is 2.30. The van der Waals surface area contributed by atoms with E-state index in [1.807, 2.05) is 17.0 Å². The first-order valence-electron chi connectivity index (χ1n) is 6.47. The van der Waals surface area contributed by atoms with Gasteiger partial charge in [0.15, 0.2) is 0 Å². The van der Waals surface area contributed by atoms with Crippen LogP contribution in [-0.2, 0) is 11.2 Å². The fourth-order valence-corrected chi connectivity index (χ4v) is 3.28. The molecule has 0 saturated carbocycles. The predicted molar refractivity (Wildman–Crippen MR) is 76.3 cm³/mol. The molecule has 1 aliphatic rings. The van der Waals surface area contributed by atoms with Crippen LogP contribution in [0.1, 0.15) is 24.6 Å². The summed E-state index contributed by atoms with van der Waals surface area (Å²) in [5, 5.41) is 3.30. The average Bonchev–Trinajstić information content (AvgIpc) is 2.92. The summed E-state index contributed by atoms with van der Waals surface area (Å²) in [6, 6.07) is 4.00. The lowest BCUT2D eigenvalue weighted by Gasteiger charge is -2.16. The maximum atomic E-state index is 12.1. The zero-order valence-electron chi connectivity index (χ0n) is 10.6. The fourth-order valence-electron chi connectivity index (χ4n) is 2.20. The number of halogens is 1. The Balaban J connectivity index is 1.79. The van der Waals surface area contributed by atoms with E-state index in [1.54, 1.807) is 11.3 Å². The van der Waals surface area contributed by atoms with Crippen molar-refractivity contribution < 1.29 is 4.79 Å².